The third kappa shape index (κ3) is 3.76. The summed E-state index contributed by atoms with van der Waals surface area (Å²) >= 11 is 0. The van der Waals surface area contributed by atoms with Gasteiger partial charge in [0.15, 0.2) is 0 Å². The number of aromatic nitrogens is 3. The van der Waals surface area contributed by atoms with Crippen LogP contribution in [-0.2, 0) is 17.7 Å². The van der Waals surface area contributed by atoms with Gasteiger partial charge in [0.2, 0.25) is 0 Å². The van der Waals surface area contributed by atoms with Crippen molar-refractivity contribution in [2.24, 2.45) is 5.73 Å². The average molecular weight is 266 g/mol. The van der Waals surface area contributed by atoms with E-state index in [9.17, 15) is 0 Å². The minimum Gasteiger partial charge on any atom is -0.385 e. The molecule has 0 spiro atoms. The van der Waals surface area contributed by atoms with Gasteiger partial charge < -0.3 is 10.5 Å². The van der Waals surface area contributed by atoms with Crippen LogP contribution in [0.1, 0.15) is 55.8 Å². The molecule has 1 aliphatic rings. The van der Waals surface area contributed by atoms with E-state index in [4.69, 9.17) is 10.5 Å². The predicted molar refractivity (Wildman–Crippen MR) is 75.1 cm³/mol. The maximum atomic E-state index is 5.68. The lowest BCUT2D eigenvalue weighted by Gasteiger charge is -2.13. The van der Waals surface area contributed by atoms with Crippen LogP contribution in [0.4, 0.5) is 0 Å². The molecule has 108 valence electrons. The minimum atomic E-state index is 0.652. The van der Waals surface area contributed by atoms with Gasteiger partial charge in [-0.1, -0.05) is 18.1 Å². The van der Waals surface area contributed by atoms with Gasteiger partial charge in [0.25, 0.3) is 0 Å². The molecule has 1 aromatic rings. The van der Waals surface area contributed by atoms with Crippen LogP contribution in [0, 0.1) is 0 Å². The summed E-state index contributed by atoms with van der Waals surface area (Å²) in [7, 11) is 1.75. The van der Waals surface area contributed by atoms with Crippen molar-refractivity contribution in [1.82, 2.24) is 15.0 Å². The highest BCUT2D eigenvalue weighted by Gasteiger charge is 2.24. The van der Waals surface area contributed by atoms with Crippen molar-refractivity contribution < 1.29 is 4.74 Å². The fraction of sp³-hybridized carbons (Fsp3) is 0.857. The van der Waals surface area contributed by atoms with E-state index in [1.165, 1.54) is 31.4 Å². The summed E-state index contributed by atoms with van der Waals surface area (Å²) in [6, 6.07) is 0. The van der Waals surface area contributed by atoms with Gasteiger partial charge in [-0.05, 0) is 32.2 Å². The number of rotatable bonds is 8. The zero-order chi connectivity index (χ0) is 13.5. The molecule has 0 saturated heterocycles. The van der Waals surface area contributed by atoms with E-state index in [2.05, 4.69) is 15.0 Å². The number of ether oxygens (including phenoxy) is 1. The summed E-state index contributed by atoms with van der Waals surface area (Å²) in [6.45, 7) is 2.43. The molecule has 19 heavy (non-hydrogen) atoms. The third-order valence-corrected chi connectivity index (χ3v) is 3.94. The first-order valence-electron chi connectivity index (χ1n) is 7.48. The highest BCUT2D eigenvalue weighted by molar-refractivity contribution is 5.17. The zero-order valence-corrected chi connectivity index (χ0v) is 12.0. The lowest BCUT2D eigenvalue weighted by Crippen LogP contribution is -2.12. The maximum Gasteiger partial charge on any atom is 0.0874 e. The molecule has 0 aromatic carbocycles. The summed E-state index contributed by atoms with van der Waals surface area (Å²) in [4.78, 5) is 0. The molecular weight excluding hydrogens is 240 g/mol. The number of nitrogens with two attached hydrogens (primary N) is 1. The Morgan fingerprint density at radius 3 is 2.79 bits per heavy atom. The number of hydrogen-bond donors (Lipinski definition) is 1. The van der Waals surface area contributed by atoms with Gasteiger partial charge in [0.1, 0.15) is 0 Å². The molecule has 5 heteroatoms. The molecule has 0 aliphatic heterocycles. The monoisotopic (exact) mass is 266 g/mol. The third-order valence-electron chi connectivity index (χ3n) is 3.94. The second-order valence-electron chi connectivity index (χ2n) is 5.36. The number of nitrogens with zero attached hydrogens (tertiary/aromatic N) is 3. The zero-order valence-electron chi connectivity index (χ0n) is 12.0. The van der Waals surface area contributed by atoms with Gasteiger partial charge in [-0.25, -0.2) is 4.68 Å². The second-order valence-corrected chi connectivity index (χ2v) is 5.36. The molecule has 0 unspecified atom stereocenters. The second kappa shape index (κ2) is 7.60. The Morgan fingerprint density at radius 1 is 1.32 bits per heavy atom. The predicted octanol–water partition coefficient (Wildman–Crippen LogP) is 1.86. The van der Waals surface area contributed by atoms with Crippen molar-refractivity contribution in [2.75, 3.05) is 20.3 Å². The molecule has 1 aliphatic carbocycles. The molecule has 5 nitrogen and oxygen atoms in total. The Morgan fingerprint density at radius 2 is 2.11 bits per heavy atom. The van der Waals surface area contributed by atoms with Crippen LogP contribution < -0.4 is 5.73 Å². The van der Waals surface area contributed by atoms with E-state index in [1.54, 1.807) is 7.11 Å². The number of methoxy groups -OCH3 is 1. The molecule has 0 radical (unpaired) electrons. The van der Waals surface area contributed by atoms with Gasteiger partial charge in [-0.15, -0.1) is 5.10 Å². The molecule has 0 atom stereocenters. The fourth-order valence-corrected chi connectivity index (χ4v) is 2.99. The highest BCUT2D eigenvalue weighted by Crippen LogP contribution is 2.35. The first-order chi connectivity index (χ1) is 9.36. The molecule has 2 rings (SSSR count). The van der Waals surface area contributed by atoms with Crippen molar-refractivity contribution in [3.8, 4) is 0 Å². The molecule has 1 fully saturated rings. The molecule has 2 N–H and O–H groups in total. The molecule has 1 aromatic heterocycles. The van der Waals surface area contributed by atoms with Crippen LogP contribution in [-0.4, -0.2) is 35.3 Å². The quantitative estimate of drug-likeness (QED) is 0.729. The summed E-state index contributed by atoms with van der Waals surface area (Å²) in [5.74, 6) is 0.652. The normalized spacial score (nSPS) is 16.3. The van der Waals surface area contributed by atoms with E-state index in [0.29, 0.717) is 12.5 Å². The Bertz CT molecular complexity index is 372. The largest absolute Gasteiger partial charge is 0.385 e. The van der Waals surface area contributed by atoms with Gasteiger partial charge in [0, 0.05) is 32.6 Å². The molecule has 0 amide bonds. The molecule has 1 heterocycles. The van der Waals surface area contributed by atoms with Crippen LogP contribution in [0.25, 0.3) is 0 Å². The maximum absolute atomic E-state index is 5.68. The van der Waals surface area contributed by atoms with Gasteiger partial charge in [-0.3, -0.25) is 0 Å². The van der Waals surface area contributed by atoms with Crippen LogP contribution in [0.3, 0.4) is 0 Å². The van der Waals surface area contributed by atoms with Crippen LogP contribution in [0.2, 0.25) is 0 Å². The summed E-state index contributed by atoms with van der Waals surface area (Å²) < 4.78 is 7.21. The van der Waals surface area contributed by atoms with E-state index in [0.717, 1.165) is 38.1 Å². The fourth-order valence-electron chi connectivity index (χ4n) is 2.99. The number of hydrogen-bond acceptors (Lipinski definition) is 4. The van der Waals surface area contributed by atoms with E-state index in [1.807, 2.05) is 0 Å². The lowest BCUT2D eigenvalue weighted by atomic mass is 10.0. The van der Waals surface area contributed by atoms with E-state index in [-0.39, 0.29) is 0 Å². The number of unbranched alkanes of at least 4 members (excludes halogenated alkanes) is 1. The first-order valence-corrected chi connectivity index (χ1v) is 7.48. The van der Waals surface area contributed by atoms with E-state index >= 15 is 0 Å². The highest BCUT2D eigenvalue weighted by atomic mass is 16.5. The first kappa shape index (κ1) is 14.5. The molecule has 1 saturated carbocycles. The standard InChI is InChI=1S/C14H26N4O/c1-19-11-5-4-10-18-14(12-6-2-3-7-12)13(8-9-15)16-17-18/h12H,2-11,15H2,1H3. The van der Waals surface area contributed by atoms with Crippen LogP contribution in [0.15, 0.2) is 0 Å². The van der Waals surface area contributed by atoms with E-state index < -0.39 is 0 Å². The Balaban J connectivity index is 2.03. The minimum absolute atomic E-state index is 0.652. The average Bonchev–Trinajstić information content (AvgIpc) is 3.04. The summed E-state index contributed by atoms with van der Waals surface area (Å²) in [6.07, 6.45) is 8.25. The van der Waals surface area contributed by atoms with Gasteiger partial charge >= 0.3 is 0 Å². The van der Waals surface area contributed by atoms with Crippen LogP contribution in [0.5, 0.6) is 0 Å². The van der Waals surface area contributed by atoms with Gasteiger partial charge in [-0.2, -0.15) is 0 Å². The van der Waals surface area contributed by atoms with Crippen molar-refractivity contribution in [2.45, 2.75) is 57.4 Å². The smallest absolute Gasteiger partial charge is 0.0874 e. The van der Waals surface area contributed by atoms with Crippen molar-refractivity contribution in [3.63, 3.8) is 0 Å². The van der Waals surface area contributed by atoms with Gasteiger partial charge in [0.05, 0.1) is 11.4 Å². The number of aryl methyl sites for hydroxylation is 1. The SMILES string of the molecule is COCCCCn1nnc(CCN)c1C1CCCC1. The molecular formula is C14H26N4O. The summed E-state index contributed by atoms with van der Waals surface area (Å²) in [5, 5.41) is 8.70. The Hall–Kier alpha value is -0.940. The Kier molecular flexibility index (Phi) is 5.79. The van der Waals surface area contributed by atoms with Crippen LogP contribution >= 0.6 is 0 Å². The summed E-state index contributed by atoms with van der Waals surface area (Å²) in [5.41, 5.74) is 8.17. The molecule has 0 bridgehead atoms. The topological polar surface area (TPSA) is 66.0 Å². The Labute approximate surface area is 115 Å². The lowest BCUT2D eigenvalue weighted by molar-refractivity contribution is 0.190. The van der Waals surface area contributed by atoms with Crippen molar-refractivity contribution >= 4 is 0 Å². The van der Waals surface area contributed by atoms with Crippen molar-refractivity contribution in [1.29, 1.82) is 0 Å². The van der Waals surface area contributed by atoms with Crippen molar-refractivity contribution in [3.05, 3.63) is 11.4 Å².